The Kier molecular flexibility index (Phi) is 8.79. The lowest BCUT2D eigenvalue weighted by molar-refractivity contribution is -0.385. The predicted octanol–water partition coefficient (Wildman–Crippen LogP) is 5.32. The Morgan fingerprint density at radius 3 is 2.47 bits per heavy atom. The van der Waals surface area contributed by atoms with Gasteiger partial charge in [0.05, 0.1) is 15.1 Å². The van der Waals surface area contributed by atoms with Crippen molar-refractivity contribution in [3.8, 4) is 11.8 Å². The first-order valence-corrected chi connectivity index (χ1v) is 11.7. The third-order valence-electron chi connectivity index (χ3n) is 4.98. The Hall–Kier alpha value is -4.19. The smallest absolute Gasteiger partial charge is 0.335 e. The third-order valence-corrected chi connectivity index (χ3v) is 5.39. The zero-order valence-corrected chi connectivity index (χ0v) is 21.0. The standard InChI is InChI=1S/C24H22BrN5O6/c1-3-4-9-21(31)29(24(33)28-22(32)18-7-5-6-8-19(18)30(34)35)17-10-11-20(15(2)12-17)36-23-26-13-16(25)14-27-23/h5-8,10-14H,3-4,9H2,1-2H3,(H,28,32,33). The van der Waals surface area contributed by atoms with Gasteiger partial charge in [-0.05, 0) is 59.1 Å². The number of unbranched alkanes of at least 4 members (excludes halogenated alkanes) is 1. The molecule has 0 radical (unpaired) electrons. The average Bonchev–Trinajstić information content (AvgIpc) is 2.85. The summed E-state index contributed by atoms with van der Waals surface area (Å²) in [6.07, 6.45) is 4.36. The van der Waals surface area contributed by atoms with E-state index in [1.54, 1.807) is 19.1 Å². The molecule has 1 aromatic heterocycles. The molecular weight excluding hydrogens is 534 g/mol. The van der Waals surface area contributed by atoms with Crippen LogP contribution in [-0.2, 0) is 4.79 Å². The van der Waals surface area contributed by atoms with E-state index >= 15 is 0 Å². The molecule has 11 nitrogen and oxygen atoms in total. The molecule has 2 aromatic carbocycles. The van der Waals surface area contributed by atoms with Crippen LogP contribution in [0.15, 0.2) is 59.3 Å². The van der Waals surface area contributed by atoms with Gasteiger partial charge < -0.3 is 4.74 Å². The number of nitrogens with zero attached hydrogens (tertiary/aromatic N) is 4. The van der Waals surface area contributed by atoms with Crippen LogP contribution in [0.1, 0.15) is 42.1 Å². The van der Waals surface area contributed by atoms with Crippen LogP contribution in [0.3, 0.4) is 0 Å². The number of ether oxygens (including phenoxy) is 1. The van der Waals surface area contributed by atoms with Crippen molar-refractivity contribution in [2.24, 2.45) is 0 Å². The van der Waals surface area contributed by atoms with Crippen LogP contribution < -0.4 is 15.0 Å². The summed E-state index contributed by atoms with van der Waals surface area (Å²) < 4.78 is 6.36. The van der Waals surface area contributed by atoms with Gasteiger partial charge in [-0.2, -0.15) is 0 Å². The van der Waals surface area contributed by atoms with E-state index in [0.29, 0.717) is 22.2 Å². The molecule has 0 bridgehead atoms. The van der Waals surface area contributed by atoms with Crippen LogP contribution in [0.4, 0.5) is 16.2 Å². The minimum atomic E-state index is -1.02. The molecule has 0 aliphatic carbocycles. The van der Waals surface area contributed by atoms with Crippen molar-refractivity contribution < 1.29 is 24.0 Å². The zero-order chi connectivity index (χ0) is 26.2. The monoisotopic (exact) mass is 555 g/mol. The molecule has 3 aromatic rings. The van der Waals surface area contributed by atoms with Crippen molar-refractivity contribution in [1.29, 1.82) is 0 Å². The lowest BCUT2D eigenvalue weighted by Crippen LogP contribution is -2.46. The Balaban J connectivity index is 1.88. The Labute approximate surface area is 214 Å². The van der Waals surface area contributed by atoms with Gasteiger partial charge in [-0.1, -0.05) is 25.5 Å². The van der Waals surface area contributed by atoms with Gasteiger partial charge in [0.2, 0.25) is 5.91 Å². The van der Waals surface area contributed by atoms with E-state index in [4.69, 9.17) is 4.74 Å². The Bertz CT molecular complexity index is 1300. The SMILES string of the molecule is CCCCC(=O)N(C(=O)NC(=O)c1ccccc1[N+](=O)[O-])c1ccc(Oc2ncc(Br)cn2)c(C)c1. The van der Waals surface area contributed by atoms with Crippen LogP contribution in [0.25, 0.3) is 0 Å². The number of imide groups is 2. The second kappa shape index (κ2) is 12.0. The summed E-state index contributed by atoms with van der Waals surface area (Å²) >= 11 is 3.25. The molecule has 36 heavy (non-hydrogen) atoms. The number of hydrogen-bond donors (Lipinski definition) is 1. The molecular formula is C24H22BrN5O6. The normalized spacial score (nSPS) is 10.4. The highest BCUT2D eigenvalue weighted by Crippen LogP contribution is 2.28. The zero-order valence-electron chi connectivity index (χ0n) is 19.4. The minimum Gasteiger partial charge on any atom is -0.424 e. The average molecular weight is 556 g/mol. The fourth-order valence-electron chi connectivity index (χ4n) is 3.20. The Morgan fingerprint density at radius 1 is 1.14 bits per heavy atom. The molecule has 0 atom stereocenters. The summed E-state index contributed by atoms with van der Waals surface area (Å²) in [4.78, 5) is 58.2. The van der Waals surface area contributed by atoms with E-state index in [0.717, 1.165) is 17.4 Å². The summed E-state index contributed by atoms with van der Waals surface area (Å²) in [5, 5.41) is 13.4. The maximum absolute atomic E-state index is 13.1. The third kappa shape index (κ3) is 6.48. The number of rotatable bonds is 8. The van der Waals surface area contributed by atoms with Crippen molar-refractivity contribution in [2.75, 3.05) is 4.90 Å². The first-order chi connectivity index (χ1) is 17.2. The molecule has 1 N–H and O–H groups in total. The van der Waals surface area contributed by atoms with Gasteiger partial charge >= 0.3 is 12.0 Å². The highest BCUT2D eigenvalue weighted by Gasteiger charge is 2.28. The summed E-state index contributed by atoms with van der Waals surface area (Å²) in [5.41, 5.74) is 0.0149. The van der Waals surface area contributed by atoms with Crippen molar-refractivity contribution in [3.63, 3.8) is 0 Å². The van der Waals surface area contributed by atoms with E-state index < -0.39 is 28.5 Å². The fraction of sp³-hybridized carbons (Fsp3) is 0.208. The first kappa shape index (κ1) is 26.4. The number of nitro groups is 1. The number of amides is 4. The van der Waals surface area contributed by atoms with Crippen molar-refractivity contribution in [3.05, 3.63) is 80.6 Å². The van der Waals surface area contributed by atoms with Crippen LogP contribution in [0, 0.1) is 17.0 Å². The van der Waals surface area contributed by atoms with Crippen molar-refractivity contribution in [2.45, 2.75) is 33.1 Å². The molecule has 1 heterocycles. The molecule has 0 aliphatic heterocycles. The first-order valence-electron chi connectivity index (χ1n) is 10.9. The molecule has 0 spiro atoms. The molecule has 12 heteroatoms. The fourth-order valence-corrected chi connectivity index (χ4v) is 3.40. The highest BCUT2D eigenvalue weighted by molar-refractivity contribution is 9.10. The molecule has 0 aliphatic rings. The second-order valence-corrected chi connectivity index (χ2v) is 8.52. The van der Waals surface area contributed by atoms with Crippen molar-refractivity contribution in [1.82, 2.24) is 15.3 Å². The number of aryl methyl sites for hydroxylation is 1. The molecule has 4 amide bonds. The summed E-state index contributed by atoms with van der Waals surface area (Å²) in [7, 11) is 0. The van der Waals surface area contributed by atoms with Gasteiger partial charge in [0.25, 0.3) is 11.6 Å². The number of anilines is 1. The van der Waals surface area contributed by atoms with E-state index in [9.17, 15) is 24.5 Å². The van der Waals surface area contributed by atoms with Crippen molar-refractivity contribution >= 4 is 45.2 Å². The number of halogens is 1. The number of nitro benzene ring substituents is 1. The molecule has 186 valence electrons. The van der Waals surface area contributed by atoms with E-state index in [-0.39, 0.29) is 23.7 Å². The quantitative estimate of drug-likeness (QED) is 0.290. The number of carbonyl (C=O) groups is 3. The van der Waals surface area contributed by atoms with Crippen LogP contribution in [-0.4, -0.2) is 32.7 Å². The van der Waals surface area contributed by atoms with E-state index in [1.807, 2.05) is 6.92 Å². The number of para-hydroxylation sites is 1. The molecule has 0 saturated carbocycles. The number of nitrogens with one attached hydrogen (secondary N) is 1. The number of benzene rings is 2. The largest absolute Gasteiger partial charge is 0.424 e. The lowest BCUT2D eigenvalue weighted by atomic mass is 10.1. The lowest BCUT2D eigenvalue weighted by Gasteiger charge is -2.22. The van der Waals surface area contributed by atoms with Gasteiger partial charge in [0, 0.05) is 24.9 Å². The number of aromatic nitrogens is 2. The van der Waals surface area contributed by atoms with E-state index in [2.05, 4.69) is 31.2 Å². The maximum Gasteiger partial charge on any atom is 0.335 e. The van der Waals surface area contributed by atoms with Crippen LogP contribution >= 0.6 is 15.9 Å². The number of carbonyl (C=O) groups excluding carboxylic acids is 3. The van der Waals surface area contributed by atoms with Gasteiger partial charge in [0.1, 0.15) is 11.3 Å². The van der Waals surface area contributed by atoms with Gasteiger partial charge in [-0.3, -0.25) is 25.0 Å². The molecule has 0 unspecified atom stereocenters. The summed E-state index contributed by atoms with van der Waals surface area (Å²) in [6.45, 7) is 3.61. The second-order valence-electron chi connectivity index (χ2n) is 7.60. The number of hydrogen-bond acceptors (Lipinski definition) is 8. The van der Waals surface area contributed by atoms with Crippen LogP contribution in [0.2, 0.25) is 0 Å². The maximum atomic E-state index is 13.1. The molecule has 0 saturated heterocycles. The van der Waals surface area contributed by atoms with Gasteiger partial charge in [0.15, 0.2) is 0 Å². The van der Waals surface area contributed by atoms with Gasteiger partial charge in [-0.25, -0.2) is 19.7 Å². The summed E-state index contributed by atoms with van der Waals surface area (Å²) in [5.74, 6) is -1.13. The predicted molar refractivity (Wildman–Crippen MR) is 134 cm³/mol. The highest BCUT2D eigenvalue weighted by atomic mass is 79.9. The Morgan fingerprint density at radius 2 is 1.83 bits per heavy atom. The molecule has 3 rings (SSSR count). The van der Waals surface area contributed by atoms with E-state index in [1.165, 1.54) is 36.7 Å². The minimum absolute atomic E-state index is 0.0631. The molecule has 0 fully saturated rings. The summed E-state index contributed by atoms with van der Waals surface area (Å²) in [6, 6.07) is 8.89. The number of urea groups is 1. The van der Waals surface area contributed by atoms with Gasteiger partial charge in [-0.15, -0.1) is 0 Å². The topological polar surface area (TPSA) is 145 Å². The van der Waals surface area contributed by atoms with Crippen LogP contribution in [0.5, 0.6) is 11.8 Å².